The van der Waals surface area contributed by atoms with Crippen LogP contribution < -0.4 is 10.2 Å². The molecule has 0 radical (unpaired) electrons. The first-order chi connectivity index (χ1) is 12.9. The Hall–Kier alpha value is -2.74. The number of piperazine rings is 1. The topological polar surface area (TPSA) is 41.0 Å². The van der Waals surface area contributed by atoms with Crippen LogP contribution in [-0.2, 0) is 6.18 Å². The van der Waals surface area contributed by atoms with Gasteiger partial charge in [0.05, 0.1) is 0 Å². The Balaban J connectivity index is 1.83. The lowest BCUT2D eigenvalue weighted by molar-refractivity contribution is -0.141. The fraction of sp³-hybridized carbons (Fsp3) is 0.263. The molecule has 1 fully saturated rings. The first-order valence-electron chi connectivity index (χ1n) is 8.44. The molecule has 1 aliphatic rings. The van der Waals surface area contributed by atoms with Gasteiger partial charge in [-0.2, -0.15) is 13.2 Å². The van der Waals surface area contributed by atoms with Gasteiger partial charge >= 0.3 is 6.18 Å². The molecule has 0 atom stereocenters. The molecule has 2 heterocycles. The van der Waals surface area contributed by atoms with E-state index in [1.807, 2.05) is 4.90 Å². The predicted octanol–water partition coefficient (Wildman–Crippen LogP) is 3.77. The highest BCUT2D eigenvalue weighted by Gasteiger charge is 2.36. The summed E-state index contributed by atoms with van der Waals surface area (Å²) >= 11 is 0. The highest BCUT2D eigenvalue weighted by atomic mass is 19.4. The Labute approximate surface area is 154 Å². The van der Waals surface area contributed by atoms with E-state index in [1.54, 1.807) is 24.3 Å². The minimum Gasteiger partial charge on any atom is -0.353 e. The number of alkyl halides is 3. The Morgan fingerprint density at radius 3 is 2.30 bits per heavy atom. The van der Waals surface area contributed by atoms with E-state index < -0.39 is 11.9 Å². The lowest BCUT2D eigenvalue weighted by Gasteiger charge is -2.28. The second-order valence-corrected chi connectivity index (χ2v) is 6.01. The number of allylic oxidation sites excluding steroid dienone is 2. The standard InChI is InChI=1S/C19H18F4N4/c20-16-7-5-14(6-8-16)3-1-2-4-15-13-17(27-11-9-24-10-12-27)25-26-18(15)19(21,22)23/h1-8,13,24H,9-12H2/b3-1-,4-2?. The van der Waals surface area contributed by atoms with Crippen LogP contribution in [0.3, 0.4) is 0 Å². The Morgan fingerprint density at radius 1 is 0.963 bits per heavy atom. The Morgan fingerprint density at radius 2 is 1.63 bits per heavy atom. The average molecular weight is 378 g/mol. The molecular weight excluding hydrogens is 360 g/mol. The molecular formula is C19H18F4N4. The van der Waals surface area contributed by atoms with Crippen LogP contribution in [0, 0.1) is 5.82 Å². The van der Waals surface area contributed by atoms with Crippen molar-refractivity contribution in [2.75, 3.05) is 31.1 Å². The third kappa shape index (κ3) is 5.13. The van der Waals surface area contributed by atoms with Crippen LogP contribution in [0.5, 0.6) is 0 Å². The Kier molecular flexibility index (Phi) is 5.85. The van der Waals surface area contributed by atoms with Crippen LogP contribution >= 0.6 is 0 Å². The minimum absolute atomic E-state index is 0.0465. The lowest BCUT2D eigenvalue weighted by Crippen LogP contribution is -2.44. The van der Waals surface area contributed by atoms with E-state index in [1.165, 1.54) is 30.4 Å². The quantitative estimate of drug-likeness (QED) is 0.650. The maximum Gasteiger partial charge on any atom is 0.435 e. The van der Waals surface area contributed by atoms with Crippen LogP contribution in [0.15, 0.2) is 42.5 Å². The molecule has 3 rings (SSSR count). The van der Waals surface area contributed by atoms with E-state index in [2.05, 4.69) is 15.5 Å². The zero-order valence-electron chi connectivity index (χ0n) is 14.4. The van der Waals surface area contributed by atoms with E-state index in [0.717, 1.165) is 18.7 Å². The number of nitrogens with zero attached hydrogens (tertiary/aromatic N) is 3. The Bertz CT molecular complexity index is 823. The van der Waals surface area contributed by atoms with Crippen molar-refractivity contribution in [2.45, 2.75) is 6.18 Å². The summed E-state index contributed by atoms with van der Waals surface area (Å²) in [6.45, 7) is 2.81. The van der Waals surface area contributed by atoms with Gasteiger partial charge in [0.15, 0.2) is 11.5 Å². The molecule has 4 nitrogen and oxygen atoms in total. The summed E-state index contributed by atoms with van der Waals surface area (Å²) in [7, 11) is 0. The van der Waals surface area contributed by atoms with Crippen LogP contribution in [0.2, 0.25) is 0 Å². The second-order valence-electron chi connectivity index (χ2n) is 6.01. The summed E-state index contributed by atoms with van der Waals surface area (Å²) < 4.78 is 52.5. The molecule has 1 aliphatic heterocycles. The van der Waals surface area contributed by atoms with Gasteiger partial charge in [-0.3, -0.25) is 0 Å². The molecule has 8 heteroatoms. The summed E-state index contributed by atoms with van der Waals surface area (Å²) in [6, 6.07) is 7.20. The maximum atomic E-state index is 13.2. The van der Waals surface area contributed by atoms with Crippen molar-refractivity contribution in [1.82, 2.24) is 15.5 Å². The summed E-state index contributed by atoms with van der Waals surface area (Å²) in [4.78, 5) is 1.90. The van der Waals surface area contributed by atoms with E-state index in [4.69, 9.17) is 0 Å². The van der Waals surface area contributed by atoms with Gasteiger partial charge in [-0.25, -0.2) is 4.39 Å². The third-order valence-corrected chi connectivity index (χ3v) is 4.07. The van der Waals surface area contributed by atoms with Crippen LogP contribution in [0.4, 0.5) is 23.4 Å². The lowest BCUT2D eigenvalue weighted by atomic mass is 10.1. The van der Waals surface area contributed by atoms with Gasteiger partial charge in [0.2, 0.25) is 0 Å². The van der Waals surface area contributed by atoms with Crippen LogP contribution in [0.1, 0.15) is 16.8 Å². The number of rotatable bonds is 4. The van der Waals surface area contributed by atoms with E-state index >= 15 is 0 Å². The van der Waals surface area contributed by atoms with Gasteiger partial charge < -0.3 is 10.2 Å². The van der Waals surface area contributed by atoms with Crippen molar-refractivity contribution in [1.29, 1.82) is 0 Å². The van der Waals surface area contributed by atoms with Gasteiger partial charge in [-0.15, -0.1) is 10.2 Å². The largest absolute Gasteiger partial charge is 0.435 e. The van der Waals surface area contributed by atoms with Crippen molar-refractivity contribution in [3.8, 4) is 0 Å². The first kappa shape index (κ1) is 19.0. The highest BCUT2D eigenvalue weighted by molar-refractivity contribution is 5.61. The molecule has 0 spiro atoms. The van der Waals surface area contributed by atoms with E-state index in [9.17, 15) is 17.6 Å². The minimum atomic E-state index is -4.59. The van der Waals surface area contributed by atoms with Gasteiger partial charge in [0.1, 0.15) is 5.82 Å². The van der Waals surface area contributed by atoms with Crippen molar-refractivity contribution < 1.29 is 17.6 Å². The molecule has 0 amide bonds. The summed E-state index contributed by atoms with van der Waals surface area (Å²) in [5.74, 6) is 0.0764. The summed E-state index contributed by atoms with van der Waals surface area (Å²) in [5, 5.41) is 10.4. The van der Waals surface area contributed by atoms with Crippen LogP contribution in [0.25, 0.3) is 12.2 Å². The molecule has 0 saturated carbocycles. The first-order valence-corrected chi connectivity index (χ1v) is 8.44. The molecule has 0 bridgehead atoms. The zero-order chi connectivity index (χ0) is 19.3. The molecule has 1 aromatic carbocycles. The van der Waals surface area contributed by atoms with Gasteiger partial charge in [-0.05, 0) is 23.8 Å². The maximum absolute atomic E-state index is 13.2. The third-order valence-electron chi connectivity index (χ3n) is 4.07. The molecule has 142 valence electrons. The molecule has 27 heavy (non-hydrogen) atoms. The number of halogens is 4. The number of anilines is 1. The number of hydrogen-bond acceptors (Lipinski definition) is 4. The number of benzene rings is 1. The smallest absolute Gasteiger partial charge is 0.353 e. The summed E-state index contributed by atoms with van der Waals surface area (Å²) in [5.41, 5.74) is -0.325. The van der Waals surface area contributed by atoms with Gasteiger partial charge in [-0.1, -0.05) is 36.4 Å². The fourth-order valence-electron chi connectivity index (χ4n) is 2.69. The number of hydrogen-bond donors (Lipinski definition) is 1. The van der Waals surface area contributed by atoms with E-state index in [0.29, 0.717) is 18.9 Å². The molecule has 1 aromatic heterocycles. The second kappa shape index (κ2) is 8.30. The summed E-state index contributed by atoms with van der Waals surface area (Å²) in [6.07, 6.45) is 1.53. The van der Waals surface area contributed by atoms with Crippen molar-refractivity contribution >= 4 is 18.0 Å². The highest BCUT2D eigenvalue weighted by Crippen LogP contribution is 2.32. The fourth-order valence-corrected chi connectivity index (χ4v) is 2.69. The molecule has 1 N–H and O–H groups in total. The van der Waals surface area contributed by atoms with Gasteiger partial charge in [0, 0.05) is 31.7 Å². The van der Waals surface area contributed by atoms with E-state index in [-0.39, 0.29) is 11.4 Å². The van der Waals surface area contributed by atoms with Crippen molar-refractivity contribution in [2.24, 2.45) is 0 Å². The van der Waals surface area contributed by atoms with Gasteiger partial charge in [0.25, 0.3) is 0 Å². The monoisotopic (exact) mass is 378 g/mol. The predicted molar refractivity (Wildman–Crippen MR) is 96.6 cm³/mol. The number of nitrogens with one attached hydrogen (secondary N) is 1. The van der Waals surface area contributed by atoms with Crippen molar-refractivity contribution in [3.05, 3.63) is 65.1 Å². The molecule has 2 aromatic rings. The van der Waals surface area contributed by atoms with Crippen molar-refractivity contribution in [3.63, 3.8) is 0 Å². The average Bonchev–Trinajstić information content (AvgIpc) is 2.66. The normalized spacial score (nSPS) is 15.8. The molecule has 0 aliphatic carbocycles. The SMILES string of the molecule is Fc1ccc(/C=C\C=Cc2cc(N3CCNCC3)nnc2C(F)(F)F)cc1. The van der Waals surface area contributed by atoms with Crippen LogP contribution in [-0.4, -0.2) is 36.4 Å². The molecule has 0 unspecified atom stereocenters. The number of aromatic nitrogens is 2. The zero-order valence-corrected chi connectivity index (χ0v) is 14.4. The molecule has 1 saturated heterocycles.